The highest BCUT2D eigenvalue weighted by molar-refractivity contribution is 6.30. The number of benzene rings is 2. The van der Waals surface area contributed by atoms with E-state index in [1.165, 1.54) is 41.1 Å². The van der Waals surface area contributed by atoms with Gasteiger partial charge in [0.15, 0.2) is 0 Å². The van der Waals surface area contributed by atoms with Crippen molar-refractivity contribution in [3.8, 4) is 5.75 Å². The average molecular weight is 593 g/mol. The van der Waals surface area contributed by atoms with Crippen LogP contribution >= 0.6 is 23.2 Å². The van der Waals surface area contributed by atoms with E-state index >= 15 is 0 Å². The largest absolute Gasteiger partial charge is 0.573 e. The summed E-state index contributed by atoms with van der Waals surface area (Å²) in [6, 6.07) is 11.4. The first-order valence-electron chi connectivity index (χ1n) is 12.2. The number of nitrogens with zero attached hydrogens (tertiary/aromatic N) is 3. The van der Waals surface area contributed by atoms with Crippen molar-refractivity contribution >= 4 is 46.2 Å². The fraction of sp³-hybridized carbons (Fsp3) is 0.214. The molecule has 0 fully saturated rings. The molecule has 0 atom stereocenters. The number of pyridine rings is 1. The lowest BCUT2D eigenvalue weighted by molar-refractivity contribution is -0.274. The Morgan fingerprint density at radius 3 is 2.70 bits per heavy atom. The van der Waals surface area contributed by atoms with E-state index in [4.69, 9.17) is 23.2 Å². The summed E-state index contributed by atoms with van der Waals surface area (Å²) in [7, 11) is 0. The molecular formula is C28H22Cl2F4N4O2. The maximum Gasteiger partial charge on any atom is 0.573 e. The molecule has 2 aromatic heterocycles. The van der Waals surface area contributed by atoms with Crippen LogP contribution < -0.4 is 10.1 Å². The minimum Gasteiger partial charge on any atom is -0.406 e. The molecular weight excluding hydrogens is 571 g/mol. The Morgan fingerprint density at radius 2 is 1.95 bits per heavy atom. The lowest BCUT2D eigenvalue weighted by Crippen LogP contribution is -2.34. The zero-order chi connectivity index (χ0) is 28.4. The van der Waals surface area contributed by atoms with Gasteiger partial charge < -0.3 is 10.1 Å². The van der Waals surface area contributed by atoms with Gasteiger partial charge in [0, 0.05) is 55.9 Å². The van der Waals surface area contributed by atoms with Crippen LogP contribution in [0, 0.1) is 5.82 Å². The Balaban J connectivity index is 1.42. The van der Waals surface area contributed by atoms with Crippen molar-refractivity contribution in [2.75, 3.05) is 13.1 Å². The van der Waals surface area contributed by atoms with Crippen molar-refractivity contribution in [2.45, 2.75) is 25.9 Å². The van der Waals surface area contributed by atoms with Crippen LogP contribution in [0.1, 0.15) is 22.4 Å². The fourth-order valence-electron chi connectivity index (χ4n) is 4.74. The maximum atomic E-state index is 13.7. The smallest absolute Gasteiger partial charge is 0.406 e. The Kier molecular flexibility index (Phi) is 8.02. The summed E-state index contributed by atoms with van der Waals surface area (Å²) in [5, 5.41) is 3.80. The fourth-order valence-corrected chi connectivity index (χ4v) is 5.06. The van der Waals surface area contributed by atoms with Crippen molar-refractivity contribution < 1.29 is 27.1 Å². The van der Waals surface area contributed by atoms with Gasteiger partial charge in [-0.3, -0.25) is 9.47 Å². The highest BCUT2D eigenvalue weighted by Gasteiger charge is 2.32. The van der Waals surface area contributed by atoms with Crippen molar-refractivity contribution in [3.05, 3.63) is 99.2 Å². The number of hydrogen-bond donors (Lipinski definition) is 1. The van der Waals surface area contributed by atoms with E-state index in [1.807, 2.05) is 6.08 Å². The first-order chi connectivity index (χ1) is 19.1. The molecule has 0 bridgehead atoms. The molecule has 1 amide bonds. The Morgan fingerprint density at radius 1 is 1.12 bits per heavy atom. The van der Waals surface area contributed by atoms with Crippen LogP contribution in [0.3, 0.4) is 0 Å². The normalized spacial score (nSPS) is 14.1. The van der Waals surface area contributed by atoms with Gasteiger partial charge >= 0.3 is 12.4 Å². The molecule has 208 valence electrons. The third kappa shape index (κ3) is 6.41. The highest BCUT2D eigenvalue weighted by Crippen LogP contribution is 2.34. The molecule has 0 saturated heterocycles. The van der Waals surface area contributed by atoms with E-state index in [0.29, 0.717) is 48.2 Å². The summed E-state index contributed by atoms with van der Waals surface area (Å²) >= 11 is 11.7. The van der Waals surface area contributed by atoms with Crippen LogP contribution in [0.15, 0.2) is 60.8 Å². The van der Waals surface area contributed by atoms with Crippen molar-refractivity contribution in [1.82, 2.24) is 19.8 Å². The zero-order valence-electron chi connectivity index (χ0n) is 20.8. The van der Waals surface area contributed by atoms with Gasteiger partial charge in [0.05, 0.1) is 10.5 Å². The molecule has 40 heavy (non-hydrogen) atoms. The van der Waals surface area contributed by atoms with E-state index < -0.39 is 24.0 Å². The summed E-state index contributed by atoms with van der Waals surface area (Å²) < 4.78 is 58.1. The van der Waals surface area contributed by atoms with Crippen molar-refractivity contribution in [2.24, 2.45) is 0 Å². The monoisotopic (exact) mass is 592 g/mol. The zero-order valence-corrected chi connectivity index (χ0v) is 22.3. The van der Waals surface area contributed by atoms with E-state index in [-0.39, 0.29) is 16.7 Å². The second-order valence-corrected chi connectivity index (χ2v) is 9.99. The van der Waals surface area contributed by atoms with Gasteiger partial charge in [-0.1, -0.05) is 41.4 Å². The number of aromatic nitrogens is 2. The third-order valence-electron chi connectivity index (χ3n) is 6.49. The molecule has 1 aliphatic rings. The number of alkyl halides is 3. The van der Waals surface area contributed by atoms with Crippen LogP contribution in [0.5, 0.6) is 5.75 Å². The van der Waals surface area contributed by atoms with Crippen molar-refractivity contribution in [1.29, 1.82) is 0 Å². The number of halogens is 6. The van der Waals surface area contributed by atoms with E-state index in [9.17, 15) is 22.4 Å². The SMILES string of the molecule is O=C(NCc1ccnc(Cl)c1)n1c2c(c3ccc(OC(F)(F)F)cc31)CN(CC=Cc1ccc(Cl)c(F)c1)CC2. The first kappa shape index (κ1) is 27.9. The summed E-state index contributed by atoms with van der Waals surface area (Å²) in [5.41, 5.74) is 3.25. The topological polar surface area (TPSA) is 59.4 Å². The summed E-state index contributed by atoms with van der Waals surface area (Å²) in [5.74, 6) is -0.918. The molecule has 1 N–H and O–H groups in total. The van der Waals surface area contributed by atoms with Gasteiger partial charge in [-0.2, -0.15) is 0 Å². The van der Waals surface area contributed by atoms with E-state index in [0.717, 1.165) is 11.1 Å². The molecule has 1 aliphatic heterocycles. The van der Waals surface area contributed by atoms with Crippen LogP contribution in [-0.4, -0.2) is 39.9 Å². The molecule has 0 unspecified atom stereocenters. The number of ether oxygens (including phenoxy) is 1. The summed E-state index contributed by atoms with van der Waals surface area (Å²) in [6.07, 6.45) is 0.817. The van der Waals surface area contributed by atoms with Gasteiger partial charge in [-0.05, 0) is 53.1 Å². The number of hydrogen-bond acceptors (Lipinski definition) is 4. The molecule has 2 aromatic carbocycles. The predicted molar refractivity (Wildman–Crippen MR) is 145 cm³/mol. The molecule has 12 heteroatoms. The molecule has 5 rings (SSSR count). The maximum absolute atomic E-state index is 13.7. The standard InChI is InChI=1S/C28H22Cl2F4N4O2/c29-22-6-3-17(12-23(22)31)2-1-10-37-11-8-24-21(16-37)20-5-4-19(40-28(32,33)34)14-25(20)38(24)27(39)36-15-18-7-9-35-26(30)13-18/h1-7,9,12-14H,8,10-11,15-16H2,(H,36,39). The second kappa shape index (κ2) is 11.5. The van der Waals surface area contributed by atoms with E-state index in [1.54, 1.807) is 24.3 Å². The molecule has 0 saturated carbocycles. The average Bonchev–Trinajstić information content (AvgIpc) is 3.21. The molecule has 6 nitrogen and oxygen atoms in total. The van der Waals surface area contributed by atoms with Gasteiger partial charge in [-0.25, -0.2) is 14.2 Å². The van der Waals surface area contributed by atoms with Gasteiger partial charge in [-0.15, -0.1) is 13.2 Å². The van der Waals surface area contributed by atoms with Crippen LogP contribution in [-0.2, 0) is 19.5 Å². The molecule has 0 aliphatic carbocycles. The summed E-state index contributed by atoms with van der Waals surface area (Å²) in [6.45, 7) is 1.75. The number of carbonyl (C=O) groups excluding carboxylic acids is 1. The van der Waals surface area contributed by atoms with Crippen LogP contribution in [0.4, 0.5) is 22.4 Å². The van der Waals surface area contributed by atoms with Crippen molar-refractivity contribution in [3.63, 3.8) is 0 Å². The van der Waals surface area contributed by atoms with E-state index in [2.05, 4.69) is 19.9 Å². The minimum atomic E-state index is -4.87. The first-order valence-corrected chi connectivity index (χ1v) is 13.0. The Bertz CT molecular complexity index is 1600. The number of amides is 1. The predicted octanol–water partition coefficient (Wildman–Crippen LogP) is 7.21. The Hall–Kier alpha value is -3.60. The molecule has 0 spiro atoms. The van der Waals surface area contributed by atoms with Crippen LogP contribution in [0.25, 0.3) is 17.0 Å². The third-order valence-corrected chi connectivity index (χ3v) is 7.00. The lowest BCUT2D eigenvalue weighted by atomic mass is 10.0. The molecule has 3 heterocycles. The number of nitrogens with one attached hydrogen (secondary N) is 1. The molecule has 4 aromatic rings. The summed E-state index contributed by atoms with van der Waals surface area (Å²) in [4.78, 5) is 19.4. The number of rotatable bonds is 6. The minimum absolute atomic E-state index is 0.0505. The number of carbonyl (C=O) groups is 1. The molecule has 0 radical (unpaired) electrons. The van der Waals surface area contributed by atoms with Gasteiger partial charge in [0.25, 0.3) is 0 Å². The Labute approximate surface area is 236 Å². The number of fused-ring (bicyclic) bond motifs is 3. The second-order valence-electron chi connectivity index (χ2n) is 9.19. The van der Waals surface area contributed by atoms with Crippen LogP contribution in [0.2, 0.25) is 10.2 Å². The highest BCUT2D eigenvalue weighted by atomic mass is 35.5. The quantitative estimate of drug-likeness (QED) is 0.190. The lowest BCUT2D eigenvalue weighted by Gasteiger charge is -2.27. The van der Waals surface area contributed by atoms with Gasteiger partial charge in [0.2, 0.25) is 0 Å². The van der Waals surface area contributed by atoms with Gasteiger partial charge in [0.1, 0.15) is 16.7 Å².